The molecule has 0 radical (unpaired) electrons. The smallest absolute Gasteiger partial charge is 0.269 e. The number of halogens is 1. The molecule has 1 aromatic heterocycles. The summed E-state index contributed by atoms with van der Waals surface area (Å²) in [6, 6.07) is 3.14. The SMILES string of the molecule is CNC(=O)c1ccc(C(=O)NCC2CNC2)cn1.Cl. The molecule has 3 N–H and O–H groups in total. The quantitative estimate of drug-likeness (QED) is 0.716. The summed E-state index contributed by atoms with van der Waals surface area (Å²) in [5.41, 5.74) is 0.771. The number of nitrogens with zero attached hydrogens (tertiary/aromatic N) is 1. The first-order valence-corrected chi connectivity index (χ1v) is 5.87. The number of nitrogens with one attached hydrogen (secondary N) is 3. The van der Waals surface area contributed by atoms with Gasteiger partial charge in [-0.25, -0.2) is 0 Å². The van der Waals surface area contributed by atoms with Crippen LogP contribution in [0.5, 0.6) is 0 Å². The second-order valence-corrected chi connectivity index (χ2v) is 4.25. The first kappa shape index (κ1) is 15.4. The van der Waals surface area contributed by atoms with Gasteiger partial charge in [-0.05, 0) is 12.1 Å². The molecule has 1 fully saturated rings. The average Bonchev–Trinajstić information content (AvgIpc) is 2.36. The van der Waals surface area contributed by atoms with E-state index in [0.717, 1.165) is 13.1 Å². The Hall–Kier alpha value is -1.66. The number of pyridine rings is 1. The molecule has 19 heavy (non-hydrogen) atoms. The lowest BCUT2D eigenvalue weighted by molar-refractivity contribution is 0.0934. The maximum Gasteiger partial charge on any atom is 0.269 e. The zero-order chi connectivity index (χ0) is 13.0. The van der Waals surface area contributed by atoms with Crippen LogP contribution in [0.4, 0.5) is 0 Å². The van der Waals surface area contributed by atoms with Gasteiger partial charge in [0.15, 0.2) is 0 Å². The van der Waals surface area contributed by atoms with Crippen LogP contribution in [0.2, 0.25) is 0 Å². The summed E-state index contributed by atoms with van der Waals surface area (Å²) in [5.74, 6) is 0.104. The van der Waals surface area contributed by atoms with Crippen LogP contribution in [0.3, 0.4) is 0 Å². The first-order chi connectivity index (χ1) is 8.70. The molecular weight excluding hydrogens is 268 g/mol. The van der Waals surface area contributed by atoms with E-state index in [0.29, 0.717) is 23.7 Å². The molecule has 0 spiro atoms. The van der Waals surface area contributed by atoms with E-state index in [1.807, 2.05) is 0 Å². The molecule has 2 amide bonds. The number of carbonyl (C=O) groups is 2. The van der Waals surface area contributed by atoms with Gasteiger partial charge < -0.3 is 16.0 Å². The molecule has 0 aromatic carbocycles. The highest BCUT2D eigenvalue weighted by molar-refractivity contribution is 5.96. The standard InChI is InChI=1S/C12H16N4O2.ClH/c1-13-12(18)10-3-2-9(7-15-10)11(17)16-6-8-4-14-5-8;/h2-3,7-8,14H,4-6H2,1H3,(H,13,18)(H,16,17);1H. The number of amides is 2. The summed E-state index contributed by atoms with van der Waals surface area (Å²) < 4.78 is 0. The number of hydrogen-bond donors (Lipinski definition) is 3. The minimum atomic E-state index is -0.262. The molecule has 2 rings (SSSR count). The van der Waals surface area contributed by atoms with Crippen LogP contribution in [-0.4, -0.2) is 43.5 Å². The van der Waals surface area contributed by atoms with E-state index in [2.05, 4.69) is 20.9 Å². The van der Waals surface area contributed by atoms with E-state index >= 15 is 0 Å². The van der Waals surface area contributed by atoms with Crippen molar-refractivity contribution in [2.24, 2.45) is 5.92 Å². The summed E-state index contributed by atoms with van der Waals surface area (Å²) in [4.78, 5) is 27.0. The largest absolute Gasteiger partial charge is 0.354 e. The van der Waals surface area contributed by atoms with Crippen molar-refractivity contribution in [1.82, 2.24) is 20.9 Å². The molecule has 7 heteroatoms. The second kappa shape index (κ2) is 7.06. The van der Waals surface area contributed by atoms with Crippen LogP contribution >= 0.6 is 12.4 Å². The average molecular weight is 285 g/mol. The lowest BCUT2D eigenvalue weighted by Crippen LogP contribution is -2.48. The fraction of sp³-hybridized carbons (Fsp3) is 0.417. The number of rotatable bonds is 4. The van der Waals surface area contributed by atoms with Crippen LogP contribution in [-0.2, 0) is 0 Å². The molecule has 1 aromatic rings. The van der Waals surface area contributed by atoms with Crippen LogP contribution < -0.4 is 16.0 Å². The van der Waals surface area contributed by atoms with Gasteiger partial charge in [-0.15, -0.1) is 12.4 Å². The third-order valence-corrected chi connectivity index (χ3v) is 2.90. The highest BCUT2D eigenvalue weighted by Gasteiger charge is 2.17. The van der Waals surface area contributed by atoms with Gasteiger partial charge in [0.2, 0.25) is 0 Å². The molecule has 0 atom stereocenters. The van der Waals surface area contributed by atoms with E-state index < -0.39 is 0 Å². The maximum atomic E-state index is 11.8. The topological polar surface area (TPSA) is 83.1 Å². The van der Waals surface area contributed by atoms with Crippen molar-refractivity contribution in [3.63, 3.8) is 0 Å². The Morgan fingerprint density at radius 1 is 1.37 bits per heavy atom. The predicted octanol–water partition coefficient (Wildman–Crippen LogP) is -0.188. The molecule has 6 nitrogen and oxygen atoms in total. The van der Waals surface area contributed by atoms with Gasteiger partial charge in [0.1, 0.15) is 5.69 Å². The van der Waals surface area contributed by atoms with E-state index in [1.54, 1.807) is 12.1 Å². The van der Waals surface area contributed by atoms with Crippen molar-refractivity contribution in [2.75, 3.05) is 26.7 Å². The Labute approximate surface area is 117 Å². The molecule has 1 saturated heterocycles. The van der Waals surface area contributed by atoms with Gasteiger partial charge in [-0.2, -0.15) is 0 Å². The second-order valence-electron chi connectivity index (χ2n) is 4.25. The van der Waals surface area contributed by atoms with Gasteiger partial charge in [0.05, 0.1) is 5.56 Å². The van der Waals surface area contributed by atoms with Gasteiger partial charge in [0.25, 0.3) is 11.8 Å². The van der Waals surface area contributed by atoms with Gasteiger partial charge >= 0.3 is 0 Å². The molecule has 0 unspecified atom stereocenters. The van der Waals surface area contributed by atoms with Gasteiger partial charge in [-0.1, -0.05) is 0 Å². The van der Waals surface area contributed by atoms with Crippen molar-refractivity contribution in [3.05, 3.63) is 29.6 Å². The summed E-state index contributed by atoms with van der Waals surface area (Å²) in [7, 11) is 1.54. The van der Waals surface area contributed by atoms with Crippen LogP contribution in [0.15, 0.2) is 18.3 Å². The lowest BCUT2D eigenvalue weighted by atomic mass is 10.0. The summed E-state index contributed by atoms with van der Waals surface area (Å²) in [6.45, 7) is 2.57. The molecule has 0 aliphatic carbocycles. The molecule has 1 aliphatic rings. The van der Waals surface area contributed by atoms with Crippen LogP contribution in [0.25, 0.3) is 0 Å². The van der Waals surface area contributed by atoms with Crippen molar-refractivity contribution in [1.29, 1.82) is 0 Å². The fourth-order valence-corrected chi connectivity index (χ4v) is 1.62. The fourth-order valence-electron chi connectivity index (χ4n) is 1.62. The Kier molecular flexibility index (Phi) is 5.72. The summed E-state index contributed by atoms with van der Waals surface area (Å²) in [6.07, 6.45) is 1.42. The minimum Gasteiger partial charge on any atom is -0.354 e. The van der Waals surface area contributed by atoms with Gasteiger partial charge in [-0.3, -0.25) is 14.6 Å². The van der Waals surface area contributed by atoms with E-state index in [1.165, 1.54) is 13.2 Å². The molecule has 104 valence electrons. The molecule has 0 saturated carbocycles. The van der Waals surface area contributed by atoms with E-state index in [-0.39, 0.29) is 24.2 Å². The van der Waals surface area contributed by atoms with Crippen molar-refractivity contribution >= 4 is 24.2 Å². The molecule has 2 heterocycles. The number of carbonyl (C=O) groups excluding carboxylic acids is 2. The minimum absolute atomic E-state index is 0. The van der Waals surface area contributed by atoms with Gasteiger partial charge in [0, 0.05) is 38.8 Å². The van der Waals surface area contributed by atoms with Crippen molar-refractivity contribution in [2.45, 2.75) is 0 Å². The highest BCUT2D eigenvalue weighted by atomic mass is 35.5. The third kappa shape index (κ3) is 3.90. The Morgan fingerprint density at radius 2 is 2.11 bits per heavy atom. The molecule has 0 bridgehead atoms. The van der Waals surface area contributed by atoms with Crippen molar-refractivity contribution < 1.29 is 9.59 Å². The predicted molar refractivity (Wildman–Crippen MR) is 73.6 cm³/mol. The number of aromatic nitrogens is 1. The third-order valence-electron chi connectivity index (χ3n) is 2.90. The summed E-state index contributed by atoms with van der Waals surface area (Å²) >= 11 is 0. The summed E-state index contributed by atoms with van der Waals surface area (Å²) in [5, 5.41) is 8.46. The Morgan fingerprint density at radius 3 is 2.58 bits per heavy atom. The zero-order valence-corrected chi connectivity index (χ0v) is 11.4. The van der Waals surface area contributed by atoms with E-state index in [9.17, 15) is 9.59 Å². The number of hydrogen-bond acceptors (Lipinski definition) is 4. The Bertz CT molecular complexity index is 446. The normalized spacial score (nSPS) is 13.9. The highest BCUT2D eigenvalue weighted by Crippen LogP contribution is 2.03. The Balaban J connectivity index is 0.00000180. The lowest BCUT2D eigenvalue weighted by Gasteiger charge is -2.27. The monoisotopic (exact) mass is 284 g/mol. The first-order valence-electron chi connectivity index (χ1n) is 5.87. The van der Waals surface area contributed by atoms with E-state index in [4.69, 9.17) is 0 Å². The zero-order valence-electron chi connectivity index (χ0n) is 10.6. The maximum absolute atomic E-state index is 11.8. The molecule has 1 aliphatic heterocycles. The van der Waals surface area contributed by atoms with Crippen LogP contribution in [0.1, 0.15) is 20.8 Å². The van der Waals surface area contributed by atoms with Crippen LogP contribution in [0, 0.1) is 5.92 Å². The van der Waals surface area contributed by atoms with Crippen molar-refractivity contribution in [3.8, 4) is 0 Å². The molecular formula is C12H17ClN4O2.